The number of rotatable bonds is 10. The number of hydrogen-bond donors (Lipinski definition) is 4. The van der Waals surface area contributed by atoms with Crippen LogP contribution in [0.4, 0.5) is 4.79 Å². The van der Waals surface area contributed by atoms with E-state index in [4.69, 9.17) is 10.5 Å². The lowest BCUT2D eigenvalue weighted by atomic mass is 9.78. The summed E-state index contributed by atoms with van der Waals surface area (Å²) in [5.74, 6) is -0.966. The Morgan fingerprint density at radius 2 is 1.71 bits per heavy atom. The van der Waals surface area contributed by atoms with Crippen molar-refractivity contribution >= 4 is 23.8 Å². The Labute approximate surface area is 266 Å². The number of aliphatic hydroxyl groups is 1. The summed E-state index contributed by atoms with van der Waals surface area (Å²) in [5.41, 5.74) is 3.31. The molecular formula is C32H53N7O6. The lowest BCUT2D eigenvalue weighted by Gasteiger charge is -2.39. The molecule has 3 atom stereocenters. The predicted molar refractivity (Wildman–Crippen MR) is 167 cm³/mol. The van der Waals surface area contributed by atoms with Crippen LogP contribution in [0, 0.1) is 5.92 Å². The van der Waals surface area contributed by atoms with Gasteiger partial charge in [0.1, 0.15) is 23.3 Å². The van der Waals surface area contributed by atoms with Crippen LogP contribution in [0.5, 0.6) is 0 Å². The van der Waals surface area contributed by atoms with Crippen LogP contribution >= 0.6 is 0 Å². The first-order valence-corrected chi connectivity index (χ1v) is 16.6. The van der Waals surface area contributed by atoms with Crippen molar-refractivity contribution in [3.05, 3.63) is 11.9 Å². The van der Waals surface area contributed by atoms with Crippen molar-refractivity contribution in [1.29, 1.82) is 0 Å². The third kappa shape index (κ3) is 9.17. The van der Waals surface area contributed by atoms with Gasteiger partial charge in [-0.25, -0.2) is 9.48 Å². The van der Waals surface area contributed by atoms with Crippen LogP contribution < -0.4 is 16.4 Å². The summed E-state index contributed by atoms with van der Waals surface area (Å²) in [6.07, 6.45) is 10.7. The second kappa shape index (κ2) is 14.0. The molecule has 0 aromatic carbocycles. The number of ether oxygens (including phenoxy) is 1. The Bertz CT molecular complexity index is 1210. The molecule has 2 heterocycles. The van der Waals surface area contributed by atoms with Gasteiger partial charge in [0.05, 0.1) is 17.9 Å². The van der Waals surface area contributed by atoms with E-state index >= 15 is 0 Å². The van der Waals surface area contributed by atoms with Gasteiger partial charge in [0.15, 0.2) is 0 Å². The number of amides is 4. The van der Waals surface area contributed by atoms with Crippen LogP contribution in [0.2, 0.25) is 0 Å². The number of primary amides is 1. The summed E-state index contributed by atoms with van der Waals surface area (Å²) in [5, 5.41) is 25.0. The predicted octanol–water partition coefficient (Wildman–Crippen LogP) is 3.21. The van der Waals surface area contributed by atoms with Gasteiger partial charge in [0, 0.05) is 24.9 Å². The minimum absolute atomic E-state index is 0.0270. The second-order valence-electron chi connectivity index (χ2n) is 14.9. The number of carbonyl (C=O) groups is 4. The van der Waals surface area contributed by atoms with Crippen LogP contribution in [-0.2, 0) is 24.7 Å². The van der Waals surface area contributed by atoms with Gasteiger partial charge in [-0.3, -0.25) is 14.4 Å². The zero-order chi connectivity index (χ0) is 33.0. The normalized spacial score (nSPS) is 23.3. The minimum Gasteiger partial charge on any atom is -0.444 e. The third-order valence-electron chi connectivity index (χ3n) is 9.41. The number of nitrogens with zero attached hydrogens (tertiary/aromatic N) is 4. The maximum atomic E-state index is 14.5. The van der Waals surface area contributed by atoms with E-state index in [2.05, 4.69) is 20.9 Å². The molecular weight excluding hydrogens is 578 g/mol. The van der Waals surface area contributed by atoms with Crippen LogP contribution in [0.15, 0.2) is 6.20 Å². The average molecular weight is 632 g/mol. The average Bonchev–Trinajstić information content (AvgIpc) is 3.60. The molecule has 0 spiro atoms. The fourth-order valence-electron chi connectivity index (χ4n) is 7.31. The van der Waals surface area contributed by atoms with Gasteiger partial charge in [-0.1, -0.05) is 56.6 Å². The largest absolute Gasteiger partial charge is 0.444 e. The van der Waals surface area contributed by atoms with E-state index in [9.17, 15) is 24.3 Å². The van der Waals surface area contributed by atoms with E-state index in [-0.39, 0.29) is 37.1 Å². The Balaban J connectivity index is 1.66. The Morgan fingerprint density at radius 3 is 2.31 bits per heavy atom. The highest BCUT2D eigenvalue weighted by atomic mass is 16.6. The number of likely N-dealkylation sites (tertiary alicyclic amines) is 1. The van der Waals surface area contributed by atoms with E-state index in [0.29, 0.717) is 25.0 Å². The van der Waals surface area contributed by atoms with Crippen molar-refractivity contribution in [2.24, 2.45) is 11.7 Å². The number of alkyl carbamates (subject to hydrolysis) is 1. The summed E-state index contributed by atoms with van der Waals surface area (Å²) in [7, 11) is 0. The van der Waals surface area contributed by atoms with Crippen LogP contribution in [-0.4, -0.2) is 78.6 Å². The monoisotopic (exact) mass is 631 g/mol. The Morgan fingerprint density at radius 1 is 1.07 bits per heavy atom. The zero-order valence-electron chi connectivity index (χ0n) is 27.6. The number of nitrogens with two attached hydrogens (primary N) is 1. The van der Waals surface area contributed by atoms with Crippen molar-refractivity contribution in [2.75, 3.05) is 6.54 Å². The molecule has 0 unspecified atom stereocenters. The van der Waals surface area contributed by atoms with Crippen molar-refractivity contribution in [3.8, 4) is 0 Å². The number of carbonyl (C=O) groups excluding carboxylic acids is 4. The molecule has 45 heavy (non-hydrogen) atoms. The van der Waals surface area contributed by atoms with Crippen LogP contribution in [0.25, 0.3) is 0 Å². The lowest BCUT2D eigenvalue weighted by molar-refractivity contribution is -0.141. The van der Waals surface area contributed by atoms with Gasteiger partial charge in [-0.05, 0) is 59.8 Å². The van der Waals surface area contributed by atoms with Crippen LogP contribution in [0.3, 0.4) is 0 Å². The first-order chi connectivity index (χ1) is 21.1. The smallest absolute Gasteiger partial charge is 0.408 e. The first-order valence-electron chi connectivity index (χ1n) is 16.6. The van der Waals surface area contributed by atoms with E-state index < -0.39 is 46.9 Å². The molecule has 5 N–H and O–H groups in total. The highest BCUT2D eigenvalue weighted by Gasteiger charge is 2.47. The molecule has 3 fully saturated rings. The van der Waals surface area contributed by atoms with Crippen LogP contribution in [0.1, 0.15) is 130 Å². The Kier molecular flexibility index (Phi) is 10.8. The maximum Gasteiger partial charge on any atom is 0.408 e. The third-order valence-corrected chi connectivity index (χ3v) is 9.41. The molecule has 2 aliphatic carbocycles. The van der Waals surface area contributed by atoms with Gasteiger partial charge in [0.25, 0.3) is 0 Å². The minimum atomic E-state index is -1.26. The second-order valence-corrected chi connectivity index (χ2v) is 14.9. The van der Waals surface area contributed by atoms with Crippen molar-refractivity contribution in [1.82, 2.24) is 30.5 Å². The molecule has 13 heteroatoms. The molecule has 0 radical (unpaired) electrons. The molecule has 1 aromatic heterocycles. The first kappa shape index (κ1) is 34.6. The van der Waals surface area contributed by atoms with E-state index in [1.807, 2.05) is 0 Å². The van der Waals surface area contributed by atoms with Crippen molar-refractivity contribution in [3.63, 3.8) is 0 Å². The summed E-state index contributed by atoms with van der Waals surface area (Å²) in [6, 6.07) is -2.25. The van der Waals surface area contributed by atoms with Gasteiger partial charge in [-0.2, -0.15) is 0 Å². The maximum absolute atomic E-state index is 14.5. The SMILES string of the molecule is CC(C)(C)OC(=O)N[C@H](CC1CCCCC1)C(=O)N1C[C@@H](n2nncc2C(C)(C)O)C[C@H]1C(=O)NC1(CC(N)=O)CCCCC1. The van der Waals surface area contributed by atoms with E-state index in [0.717, 1.165) is 51.4 Å². The molecule has 0 bridgehead atoms. The summed E-state index contributed by atoms with van der Waals surface area (Å²) in [4.78, 5) is 55.2. The topological polar surface area (TPSA) is 182 Å². The van der Waals surface area contributed by atoms with Crippen molar-refractivity contribution < 1.29 is 29.0 Å². The van der Waals surface area contributed by atoms with E-state index in [1.165, 1.54) is 11.1 Å². The molecule has 4 amide bonds. The number of nitrogens with one attached hydrogen (secondary N) is 2. The quantitative estimate of drug-likeness (QED) is 0.304. The van der Waals surface area contributed by atoms with Crippen molar-refractivity contribution in [2.45, 2.75) is 153 Å². The zero-order valence-corrected chi connectivity index (χ0v) is 27.6. The molecule has 1 aliphatic heterocycles. The lowest BCUT2D eigenvalue weighted by Crippen LogP contribution is -2.59. The van der Waals surface area contributed by atoms with Gasteiger partial charge in [-0.15, -0.1) is 5.10 Å². The highest BCUT2D eigenvalue weighted by Crippen LogP contribution is 2.36. The summed E-state index contributed by atoms with van der Waals surface area (Å²) < 4.78 is 7.12. The van der Waals surface area contributed by atoms with E-state index in [1.54, 1.807) is 39.3 Å². The van der Waals surface area contributed by atoms with Gasteiger partial charge < -0.3 is 31.1 Å². The molecule has 4 rings (SSSR count). The number of aromatic nitrogens is 3. The molecule has 1 aromatic rings. The van der Waals surface area contributed by atoms with Gasteiger partial charge in [0.2, 0.25) is 17.7 Å². The summed E-state index contributed by atoms with van der Waals surface area (Å²) >= 11 is 0. The fraction of sp³-hybridized carbons (Fsp3) is 0.812. The fourth-order valence-corrected chi connectivity index (χ4v) is 7.31. The van der Waals surface area contributed by atoms with Gasteiger partial charge >= 0.3 is 6.09 Å². The molecule has 1 saturated heterocycles. The Hall–Kier alpha value is -3.22. The summed E-state index contributed by atoms with van der Waals surface area (Å²) in [6.45, 7) is 8.69. The molecule has 252 valence electrons. The highest BCUT2D eigenvalue weighted by molar-refractivity contribution is 5.92. The molecule has 3 aliphatic rings. The number of hydrogen-bond acceptors (Lipinski definition) is 8. The molecule has 13 nitrogen and oxygen atoms in total. The molecule has 2 saturated carbocycles. The standard InChI is InChI=1S/C32H53N7O6/c1-30(2,3)45-29(43)35-23(16-21-12-8-6-9-13-21)28(42)38-20-22(39-25(19-34-37-39)31(4,5)44)17-24(38)27(41)36-32(18-26(33)40)14-10-7-11-15-32/h19,21-24,44H,6-18,20H2,1-5H3,(H2,33,40)(H,35,43)(H,36,41)/t22-,23+,24-/m0/s1.